The van der Waals surface area contributed by atoms with Crippen LogP contribution < -0.4 is 4.74 Å². The van der Waals surface area contributed by atoms with E-state index in [9.17, 15) is 5.26 Å². The molecule has 102 valence electrons. The normalized spacial score (nSPS) is 10.3. The summed E-state index contributed by atoms with van der Waals surface area (Å²) < 4.78 is 5.85. The van der Waals surface area contributed by atoms with Gasteiger partial charge in [0, 0.05) is 17.3 Å². The van der Waals surface area contributed by atoms with Gasteiger partial charge in [0.05, 0.1) is 0 Å². The minimum atomic E-state index is 0.313. The summed E-state index contributed by atoms with van der Waals surface area (Å²) in [5.41, 5.74) is 2.97. The third-order valence-corrected chi connectivity index (χ3v) is 3.27. The molecule has 0 aliphatic rings. The van der Waals surface area contributed by atoms with Crippen LogP contribution in [-0.2, 0) is 0 Å². The highest BCUT2D eigenvalue weighted by molar-refractivity contribution is 5.84. The van der Waals surface area contributed by atoms with Crippen molar-refractivity contribution in [3.63, 3.8) is 0 Å². The van der Waals surface area contributed by atoms with Gasteiger partial charge in [-0.3, -0.25) is 0 Å². The van der Waals surface area contributed by atoms with Crippen LogP contribution in [0.3, 0.4) is 0 Å². The number of pyridine rings is 2. The number of para-hydroxylation sites is 1. The zero-order chi connectivity index (χ0) is 14.8. The summed E-state index contributed by atoms with van der Waals surface area (Å²) in [6, 6.07) is 13.6. The lowest BCUT2D eigenvalue weighted by Crippen LogP contribution is -1.95. The summed E-state index contributed by atoms with van der Waals surface area (Å²) in [5.74, 6) is 0.916. The van der Waals surface area contributed by atoms with Crippen LogP contribution >= 0.6 is 0 Å². The molecule has 0 bridgehead atoms. The number of hydrogen-bond donors (Lipinski definition) is 0. The zero-order valence-electron chi connectivity index (χ0n) is 11.8. The van der Waals surface area contributed by atoms with Gasteiger partial charge in [-0.05, 0) is 37.6 Å². The SMILES string of the molecule is Cc1ccc2cccc(Oc3nccc(C)c3C#N)c2n1. The van der Waals surface area contributed by atoms with E-state index in [0.29, 0.717) is 17.2 Å². The van der Waals surface area contributed by atoms with Crippen LogP contribution in [0.1, 0.15) is 16.8 Å². The predicted molar refractivity (Wildman–Crippen MR) is 80.2 cm³/mol. The number of nitrogens with zero attached hydrogens (tertiary/aromatic N) is 3. The first-order valence-corrected chi connectivity index (χ1v) is 6.59. The van der Waals surface area contributed by atoms with Crippen LogP contribution in [0.15, 0.2) is 42.6 Å². The molecule has 0 aliphatic carbocycles. The monoisotopic (exact) mass is 275 g/mol. The fourth-order valence-electron chi connectivity index (χ4n) is 2.15. The number of aromatic nitrogens is 2. The van der Waals surface area contributed by atoms with E-state index in [0.717, 1.165) is 22.2 Å². The van der Waals surface area contributed by atoms with Crippen molar-refractivity contribution < 1.29 is 4.74 Å². The Kier molecular flexibility index (Phi) is 3.25. The Hall–Kier alpha value is -2.93. The number of aryl methyl sites for hydroxylation is 2. The molecule has 0 saturated carbocycles. The van der Waals surface area contributed by atoms with Crippen LogP contribution in [0.5, 0.6) is 11.6 Å². The molecule has 0 radical (unpaired) electrons. The summed E-state index contributed by atoms with van der Waals surface area (Å²) >= 11 is 0. The van der Waals surface area contributed by atoms with Crippen molar-refractivity contribution in [3.05, 3.63) is 59.4 Å². The first-order valence-electron chi connectivity index (χ1n) is 6.59. The summed E-state index contributed by atoms with van der Waals surface area (Å²) in [4.78, 5) is 8.68. The Bertz CT molecular complexity index is 866. The third-order valence-electron chi connectivity index (χ3n) is 3.27. The summed E-state index contributed by atoms with van der Waals surface area (Å²) in [7, 11) is 0. The first-order chi connectivity index (χ1) is 10.2. The Balaban J connectivity index is 2.13. The molecule has 0 spiro atoms. The highest BCUT2D eigenvalue weighted by Crippen LogP contribution is 2.30. The summed E-state index contributed by atoms with van der Waals surface area (Å²) in [6.45, 7) is 3.79. The first kappa shape index (κ1) is 13.1. The van der Waals surface area contributed by atoms with Gasteiger partial charge in [-0.25, -0.2) is 9.97 Å². The van der Waals surface area contributed by atoms with Gasteiger partial charge in [0.15, 0.2) is 5.75 Å². The minimum Gasteiger partial charge on any atom is -0.435 e. The van der Waals surface area contributed by atoms with Crippen LogP contribution in [0, 0.1) is 25.2 Å². The quantitative estimate of drug-likeness (QED) is 0.711. The number of benzene rings is 1. The van der Waals surface area contributed by atoms with E-state index in [1.807, 2.05) is 44.2 Å². The molecule has 1 aromatic carbocycles. The lowest BCUT2D eigenvalue weighted by Gasteiger charge is -2.10. The Morgan fingerprint density at radius 3 is 2.76 bits per heavy atom. The molecule has 4 heteroatoms. The van der Waals surface area contributed by atoms with Crippen LogP contribution in [0.2, 0.25) is 0 Å². The van der Waals surface area contributed by atoms with Gasteiger partial charge in [-0.15, -0.1) is 0 Å². The Morgan fingerprint density at radius 2 is 1.95 bits per heavy atom. The molecular formula is C17H13N3O. The van der Waals surface area contributed by atoms with Crippen molar-refractivity contribution in [3.8, 4) is 17.7 Å². The fourth-order valence-corrected chi connectivity index (χ4v) is 2.15. The van der Waals surface area contributed by atoms with Gasteiger partial charge in [0.25, 0.3) is 0 Å². The molecule has 0 fully saturated rings. The molecular weight excluding hydrogens is 262 g/mol. The Labute approximate surface area is 122 Å². The van der Waals surface area contributed by atoms with Gasteiger partial charge in [0.1, 0.15) is 17.1 Å². The van der Waals surface area contributed by atoms with Crippen molar-refractivity contribution in [2.45, 2.75) is 13.8 Å². The van der Waals surface area contributed by atoms with E-state index in [4.69, 9.17) is 4.74 Å². The van der Waals surface area contributed by atoms with E-state index in [2.05, 4.69) is 16.0 Å². The maximum absolute atomic E-state index is 9.25. The van der Waals surface area contributed by atoms with Gasteiger partial charge in [-0.1, -0.05) is 18.2 Å². The van der Waals surface area contributed by atoms with E-state index in [1.54, 1.807) is 12.3 Å². The lowest BCUT2D eigenvalue weighted by atomic mass is 10.1. The highest BCUT2D eigenvalue weighted by atomic mass is 16.5. The lowest BCUT2D eigenvalue weighted by molar-refractivity contribution is 0.465. The average molecular weight is 275 g/mol. The topological polar surface area (TPSA) is 58.8 Å². The smallest absolute Gasteiger partial charge is 0.237 e. The van der Waals surface area contributed by atoms with E-state index in [1.165, 1.54) is 0 Å². The number of rotatable bonds is 2. The van der Waals surface area contributed by atoms with Crippen LogP contribution in [0.25, 0.3) is 10.9 Å². The second-order valence-electron chi connectivity index (χ2n) is 4.80. The molecule has 0 aliphatic heterocycles. The summed E-state index contributed by atoms with van der Waals surface area (Å²) in [6.07, 6.45) is 1.63. The van der Waals surface area contributed by atoms with Gasteiger partial charge >= 0.3 is 0 Å². The average Bonchev–Trinajstić information content (AvgIpc) is 2.48. The molecule has 3 rings (SSSR count). The van der Waals surface area contributed by atoms with Crippen molar-refractivity contribution in [1.29, 1.82) is 5.26 Å². The molecule has 0 N–H and O–H groups in total. The molecule has 0 saturated heterocycles. The van der Waals surface area contributed by atoms with Crippen LogP contribution in [-0.4, -0.2) is 9.97 Å². The zero-order valence-corrected chi connectivity index (χ0v) is 11.8. The van der Waals surface area contributed by atoms with Crippen molar-refractivity contribution in [1.82, 2.24) is 9.97 Å². The number of fused-ring (bicyclic) bond motifs is 1. The molecule has 2 aromatic heterocycles. The van der Waals surface area contributed by atoms with Gasteiger partial charge < -0.3 is 4.74 Å². The number of hydrogen-bond acceptors (Lipinski definition) is 4. The summed E-state index contributed by atoms with van der Waals surface area (Å²) in [5, 5.41) is 10.2. The largest absolute Gasteiger partial charge is 0.435 e. The molecule has 4 nitrogen and oxygen atoms in total. The third kappa shape index (κ3) is 2.41. The second kappa shape index (κ2) is 5.22. The molecule has 3 aromatic rings. The van der Waals surface area contributed by atoms with E-state index >= 15 is 0 Å². The van der Waals surface area contributed by atoms with E-state index < -0.39 is 0 Å². The van der Waals surface area contributed by atoms with Crippen molar-refractivity contribution >= 4 is 10.9 Å². The second-order valence-corrected chi connectivity index (χ2v) is 4.80. The standard InChI is InChI=1S/C17H13N3O/c1-11-8-9-19-17(14(11)10-18)21-15-5-3-4-13-7-6-12(2)20-16(13)15/h3-9H,1-2H3. The van der Waals surface area contributed by atoms with Gasteiger partial charge in [0.2, 0.25) is 5.88 Å². The van der Waals surface area contributed by atoms with Gasteiger partial charge in [-0.2, -0.15) is 5.26 Å². The molecule has 21 heavy (non-hydrogen) atoms. The number of nitriles is 1. The minimum absolute atomic E-state index is 0.313. The van der Waals surface area contributed by atoms with Crippen LogP contribution in [0.4, 0.5) is 0 Å². The van der Waals surface area contributed by atoms with Crippen molar-refractivity contribution in [2.24, 2.45) is 0 Å². The Morgan fingerprint density at radius 1 is 1.10 bits per heavy atom. The number of ether oxygens (including phenoxy) is 1. The molecule has 2 heterocycles. The fraction of sp³-hybridized carbons (Fsp3) is 0.118. The van der Waals surface area contributed by atoms with Crippen molar-refractivity contribution in [2.75, 3.05) is 0 Å². The predicted octanol–water partition coefficient (Wildman–Crippen LogP) is 3.91. The molecule has 0 amide bonds. The van der Waals surface area contributed by atoms with E-state index in [-0.39, 0.29) is 0 Å². The molecule has 0 unspecified atom stereocenters. The molecule has 0 atom stereocenters. The highest BCUT2D eigenvalue weighted by Gasteiger charge is 2.11. The maximum atomic E-state index is 9.25. The maximum Gasteiger partial charge on any atom is 0.237 e.